The summed E-state index contributed by atoms with van der Waals surface area (Å²) >= 11 is 0. The molecular weight excluding hydrogens is 195 g/mol. The van der Waals surface area contributed by atoms with Gasteiger partial charge in [-0.05, 0) is 30.8 Å². The SMILES string of the molecule is NCCc1nncn1-c1ccc(F)cc1. The number of nitrogens with two attached hydrogens (primary N) is 1. The van der Waals surface area contributed by atoms with Gasteiger partial charge >= 0.3 is 0 Å². The van der Waals surface area contributed by atoms with E-state index in [0.717, 1.165) is 11.5 Å². The van der Waals surface area contributed by atoms with E-state index in [2.05, 4.69) is 10.2 Å². The molecule has 1 aromatic heterocycles. The number of halogens is 1. The molecule has 0 fully saturated rings. The molecule has 0 saturated heterocycles. The topological polar surface area (TPSA) is 56.7 Å². The minimum atomic E-state index is -0.257. The standard InChI is InChI=1S/C10H11FN4/c11-8-1-3-9(4-2-8)15-7-13-14-10(15)5-6-12/h1-4,7H,5-6,12H2. The Bertz CT molecular complexity index is 435. The van der Waals surface area contributed by atoms with Crippen molar-refractivity contribution in [3.63, 3.8) is 0 Å². The molecule has 0 atom stereocenters. The first kappa shape index (κ1) is 9.79. The zero-order valence-corrected chi connectivity index (χ0v) is 8.10. The van der Waals surface area contributed by atoms with Crippen LogP contribution >= 0.6 is 0 Å². The maximum absolute atomic E-state index is 12.7. The smallest absolute Gasteiger partial charge is 0.138 e. The number of hydrogen-bond acceptors (Lipinski definition) is 3. The lowest BCUT2D eigenvalue weighted by Gasteiger charge is -2.04. The molecule has 4 nitrogen and oxygen atoms in total. The number of hydrogen-bond donors (Lipinski definition) is 1. The molecule has 0 spiro atoms. The van der Waals surface area contributed by atoms with E-state index in [9.17, 15) is 4.39 Å². The van der Waals surface area contributed by atoms with Gasteiger partial charge in [0.15, 0.2) is 0 Å². The molecule has 0 aliphatic rings. The quantitative estimate of drug-likeness (QED) is 0.812. The van der Waals surface area contributed by atoms with Gasteiger partial charge in [-0.3, -0.25) is 4.57 Å². The predicted molar refractivity (Wildman–Crippen MR) is 54.1 cm³/mol. The first-order chi connectivity index (χ1) is 7.31. The molecule has 5 heteroatoms. The first-order valence-electron chi connectivity index (χ1n) is 4.66. The molecule has 2 rings (SSSR count). The Kier molecular flexibility index (Phi) is 2.73. The molecule has 1 heterocycles. The summed E-state index contributed by atoms with van der Waals surface area (Å²) in [7, 11) is 0. The third-order valence-electron chi connectivity index (χ3n) is 2.09. The molecule has 1 aromatic carbocycles. The average Bonchev–Trinajstić information content (AvgIpc) is 2.68. The van der Waals surface area contributed by atoms with Crippen molar-refractivity contribution in [2.45, 2.75) is 6.42 Å². The lowest BCUT2D eigenvalue weighted by molar-refractivity contribution is 0.627. The Labute approximate surface area is 86.6 Å². The Hall–Kier alpha value is -1.75. The number of nitrogens with zero attached hydrogens (tertiary/aromatic N) is 3. The Morgan fingerprint density at radius 3 is 2.67 bits per heavy atom. The minimum absolute atomic E-state index is 0.257. The van der Waals surface area contributed by atoms with Crippen molar-refractivity contribution < 1.29 is 4.39 Å². The van der Waals surface area contributed by atoms with Crippen molar-refractivity contribution in [3.05, 3.63) is 42.2 Å². The fourth-order valence-electron chi connectivity index (χ4n) is 1.38. The second-order valence-electron chi connectivity index (χ2n) is 3.13. The highest BCUT2D eigenvalue weighted by Crippen LogP contribution is 2.10. The summed E-state index contributed by atoms with van der Waals surface area (Å²) in [4.78, 5) is 0. The Morgan fingerprint density at radius 1 is 1.27 bits per heavy atom. The lowest BCUT2D eigenvalue weighted by atomic mass is 10.3. The van der Waals surface area contributed by atoms with Gasteiger partial charge in [0.05, 0.1) is 0 Å². The summed E-state index contributed by atoms with van der Waals surface area (Å²) in [5, 5.41) is 7.75. The third kappa shape index (κ3) is 2.02. The third-order valence-corrected chi connectivity index (χ3v) is 2.09. The highest BCUT2D eigenvalue weighted by atomic mass is 19.1. The lowest BCUT2D eigenvalue weighted by Crippen LogP contribution is -2.08. The molecule has 0 aliphatic carbocycles. The van der Waals surface area contributed by atoms with Crippen LogP contribution in [0.5, 0.6) is 0 Å². The van der Waals surface area contributed by atoms with Crippen LogP contribution in [-0.2, 0) is 6.42 Å². The number of rotatable bonds is 3. The first-order valence-corrected chi connectivity index (χ1v) is 4.66. The van der Waals surface area contributed by atoms with Gasteiger partial charge in [0, 0.05) is 12.1 Å². The molecule has 15 heavy (non-hydrogen) atoms. The van der Waals surface area contributed by atoms with Gasteiger partial charge in [-0.1, -0.05) is 0 Å². The van der Waals surface area contributed by atoms with Crippen molar-refractivity contribution >= 4 is 0 Å². The average molecular weight is 206 g/mol. The van der Waals surface area contributed by atoms with E-state index in [1.807, 2.05) is 0 Å². The van der Waals surface area contributed by atoms with Crippen LogP contribution in [0.15, 0.2) is 30.6 Å². The predicted octanol–water partition coefficient (Wildman–Crippen LogP) is 0.908. The molecule has 0 radical (unpaired) electrons. The van der Waals surface area contributed by atoms with Crippen LogP contribution in [0.1, 0.15) is 5.82 Å². The van der Waals surface area contributed by atoms with Gasteiger partial charge in [-0.15, -0.1) is 10.2 Å². The monoisotopic (exact) mass is 206 g/mol. The highest BCUT2D eigenvalue weighted by molar-refractivity contribution is 5.32. The van der Waals surface area contributed by atoms with Crippen LogP contribution in [0.25, 0.3) is 5.69 Å². The zero-order valence-electron chi connectivity index (χ0n) is 8.10. The van der Waals surface area contributed by atoms with Gasteiger partial charge < -0.3 is 5.73 Å². The maximum Gasteiger partial charge on any atom is 0.138 e. The van der Waals surface area contributed by atoms with Crippen LogP contribution in [-0.4, -0.2) is 21.3 Å². The van der Waals surface area contributed by atoms with E-state index in [4.69, 9.17) is 5.73 Å². The molecule has 2 aromatic rings. The second-order valence-corrected chi connectivity index (χ2v) is 3.13. The Morgan fingerprint density at radius 2 is 2.00 bits per heavy atom. The molecule has 0 unspecified atom stereocenters. The van der Waals surface area contributed by atoms with E-state index in [1.165, 1.54) is 12.1 Å². The van der Waals surface area contributed by atoms with Crippen LogP contribution in [0.4, 0.5) is 4.39 Å². The van der Waals surface area contributed by atoms with E-state index in [0.29, 0.717) is 13.0 Å². The van der Waals surface area contributed by atoms with Crippen LogP contribution in [0.2, 0.25) is 0 Å². The van der Waals surface area contributed by atoms with Gasteiger partial charge in [0.1, 0.15) is 18.0 Å². The summed E-state index contributed by atoms with van der Waals surface area (Å²) in [6, 6.07) is 6.17. The van der Waals surface area contributed by atoms with Crippen LogP contribution in [0, 0.1) is 5.82 Å². The number of aromatic nitrogens is 3. The molecule has 0 amide bonds. The highest BCUT2D eigenvalue weighted by Gasteiger charge is 2.04. The number of benzene rings is 1. The fraction of sp³-hybridized carbons (Fsp3) is 0.200. The van der Waals surface area contributed by atoms with Crippen molar-refractivity contribution in [1.82, 2.24) is 14.8 Å². The van der Waals surface area contributed by atoms with E-state index in [1.54, 1.807) is 23.0 Å². The normalized spacial score (nSPS) is 10.5. The molecular formula is C10H11FN4. The summed E-state index contributed by atoms with van der Waals surface area (Å²) in [6.07, 6.45) is 2.25. The summed E-state index contributed by atoms with van der Waals surface area (Å²) in [5.74, 6) is 0.524. The van der Waals surface area contributed by atoms with Crippen molar-refractivity contribution in [2.75, 3.05) is 6.54 Å². The van der Waals surface area contributed by atoms with Crippen LogP contribution < -0.4 is 5.73 Å². The van der Waals surface area contributed by atoms with E-state index in [-0.39, 0.29) is 5.82 Å². The van der Waals surface area contributed by atoms with Gasteiger partial charge in [0.25, 0.3) is 0 Å². The molecule has 2 N–H and O–H groups in total. The van der Waals surface area contributed by atoms with Crippen molar-refractivity contribution in [2.24, 2.45) is 5.73 Å². The van der Waals surface area contributed by atoms with E-state index < -0.39 is 0 Å². The molecule has 0 bridgehead atoms. The zero-order chi connectivity index (χ0) is 10.7. The summed E-state index contributed by atoms with van der Waals surface area (Å²) in [5.41, 5.74) is 6.29. The van der Waals surface area contributed by atoms with Gasteiger partial charge in [-0.25, -0.2) is 4.39 Å². The minimum Gasteiger partial charge on any atom is -0.330 e. The largest absolute Gasteiger partial charge is 0.330 e. The second kappa shape index (κ2) is 4.18. The Balaban J connectivity index is 2.36. The molecule has 0 saturated carbocycles. The molecule has 78 valence electrons. The molecule has 0 aliphatic heterocycles. The van der Waals surface area contributed by atoms with E-state index >= 15 is 0 Å². The fourth-order valence-corrected chi connectivity index (χ4v) is 1.38. The van der Waals surface area contributed by atoms with Gasteiger partial charge in [0.2, 0.25) is 0 Å². The van der Waals surface area contributed by atoms with Crippen molar-refractivity contribution in [1.29, 1.82) is 0 Å². The van der Waals surface area contributed by atoms with Gasteiger partial charge in [-0.2, -0.15) is 0 Å². The van der Waals surface area contributed by atoms with Crippen molar-refractivity contribution in [3.8, 4) is 5.69 Å². The summed E-state index contributed by atoms with van der Waals surface area (Å²) < 4.78 is 14.5. The van der Waals surface area contributed by atoms with Crippen LogP contribution in [0.3, 0.4) is 0 Å². The summed E-state index contributed by atoms with van der Waals surface area (Å²) in [6.45, 7) is 0.514. The maximum atomic E-state index is 12.7.